The van der Waals surface area contributed by atoms with Crippen LogP contribution in [-0.4, -0.2) is 23.0 Å². The summed E-state index contributed by atoms with van der Waals surface area (Å²) in [6, 6.07) is 7.14. The topological polar surface area (TPSA) is 92.4 Å². The minimum Gasteiger partial charge on any atom is -0.479 e. The average molecular weight is 194 g/mol. The van der Waals surface area contributed by atoms with Crippen molar-refractivity contribution in [3.05, 3.63) is 30.3 Å². The Labute approximate surface area is 80.5 Å². The Morgan fingerprint density at radius 2 is 1.86 bits per heavy atom. The predicted molar refractivity (Wildman–Crippen MR) is 50.7 cm³/mol. The third kappa shape index (κ3) is 2.48. The smallest absolute Gasteiger partial charge is 0.336 e. The zero-order valence-electron chi connectivity index (χ0n) is 7.31. The minimum atomic E-state index is -1.39. The lowest BCUT2D eigenvalue weighted by Gasteiger charge is -2.11. The molecule has 1 atom stereocenters. The number of aliphatic carboxylic acids is 1. The molecular weight excluding hydrogens is 184 g/mol. The van der Waals surface area contributed by atoms with E-state index >= 15 is 0 Å². The minimum absolute atomic E-state index is 0.540. The number of para-hydroxylation sites is 1. The van der Waals surface area contributed by atoms with Crippen LogP contribution in [0.2, 0.25) is 0 Å². The monoisotopic (exact) mass is 194 g/mol. The highest BCUT2D eigenvalue weighted by molar-refractivity contribution is 6.02. The summed E-state index contributed by atoms with van der Waals surface area (Å²) in [6.07, 6.45) is 0. The molecule has 74 valence electrons. The van der Waals surface area contributed by atoms with Gasteiger partial charge >= 0.3 is 5.97 Å². The molecule has 1 amide bonds. The number of benzene rings is 1. The number of nitrogens with one attached hydrogen (secondary N) is 1. The molecule has 14 heavy (non-hydrogen) atoms. The summed E-state index contributed by atoms with van der Waals surface area (Å²) in [4.78, 5) is 21.3. The molecule has 0 aliphatic rings. The summed E-state index contributed by atoms with van der Waals surface area (Å²) in [5.74, 6) is -2.21. The molecule has 0 aromatic heterocycles. The Hall–Kier alpha value is -2.04. The summed E-state index contributed by atoms with van der Waals surface area (Å²) < 4.78 is 0. The lowest BCUT2D eigenvalue weighted by molar-refractivity contribution is -0.141. The second-order valence-corrected chi connectivity index (χ2v) is 2.68. The van der Waals surface area contributed by atoms with Gasteiger partial charge in [-0.2, -0.15) is 0 Å². The molecule has 1 aromatic rings. The number of nitrogens with two attached hydrogens (primary N) is 1. The van der Waals surface area contributed by atoms with E-state index in [1.807, 2.05) is 0 Å². The third-order valence-electron chi connectivity index (χ3n) is 1.62. The van der Waals surface area contributed by atoms with Crippen LogP contribution >= 0.6 is 0 Å². The van der Waals surface area contributed by atoms with Crippen molar-refractivity contribution in [3.8, 4) is 0 Å². The van der Waals surface area contributed by atoms with Gasteiger partial charge in [0, 0.05) is 5.69 Å². The lowest BCUT2D eigenvalue weighted by atomic mass is 10.2. The number of primary amides is 1. The highest BCUT2D eigenvalue weighted by atomic mass is 16.4. The molecular formula is C9H10N2O3. The van der Waals surface area contributed by atoms with Gasteiger partial charge in [-0.25, -0.2) is 4.79 Å². The quantitative estimate of drug-likeness (QED) is 0.590. The summed E-state index contributed by atoms with van der Waals surface area (Å²) in [5.41, 5.74) is 5.44. The van der Waals surface area contributed by atoms with E-state index in [4.69, 9.17) is 10.8 Å². The zero-order valence-corrected chi connectivity index (χ0v) is 7.31. The summed E-state index contributed by atoms with van der Waals surface area (Å²) in [6.45, 7) is 0. The number of amides is 1. The maximum absolute atomic E-state index is 10.7. The maximum atomic E-state index is 10.7. The van der Waals surface area contributed by atoms with Crippen molar-refractivity contribution >= 4 is 17.6 Å². The molecule has 0 bridgehead atoms. The van der Waals surface area contributed by atoms with Crippen molar-refractivity contribution in [2.75, 3.05) is 5.32 Å². The number of carbonyl (C=O) groups excluding carboxylic acids is 1. The Morgan fingerprint density at radius 3 is 2.29 bits per heavy atom. The molecule has 0 spiro atoms. The number of hydrogen-bond donors (Lipinski definition) is 3. The van der Waals surface area contributed by atoms with E-state index in [-0.39, 0.29) is 0 Å². The van der Waals surface area contributed by atoms with Crippen LogP contribution in [0.4, 0.5) is 5.69 Å². The highest BCUT2D eigenvalue weighted by Crippen LogP contribution is 2.06. The van der Waals surface area contributed by atoms with Gasteiger partial charge < -0.3 is 16.2 Å². The summed E-state index contributed by atoms with van der Waals surface area (Å²) in [5, 5.41) is 11.1. The van der Waals surface area contributed by atoms with Gasteiger partial charge in [0.05, 0.1) is 0 Å². The highest BCUT2D eigenvalue weighted by Gasteiger charge is 2.22. The van der Waals surface area contributed by atoms with Gasteiger partial charge in [0.25, 0.3) is 5.91 Å². The van der Waals surface area contributed by atoms with E-state index in [1.54, 1.807) is 30.3 Å². The van der Waals surface area contributed by atoms with Crippen molar-refractivity contribution in [2.24, 2.45) is 5.73 Å². The Morgan fingerprint density at radius 1 is 1.29 bits per heavy atom. The fourth-order valence-electron chi connectivity index (χ4n) is 0.956. The van der Waals surface area contributed by atoms with Crippen LogP contribution in [0.25, 0.3) is 0 Å². The number of hydrogen-bond acceptors (Lipinski definition) is 3. The fourth-order valence-corrected chi connectivity index (χ4v) is 0.956. The van der Waals surface area contributed by atoms with Gasteiger partial charge in [-0.1, -0.05) is 18.2 Å². The van der Waals surface area contributed by atoms with Crippen molar-refractivity contribution in [3.63, 3.8) is 0 Å². The molecule has 0 aliphatic heterocycles. The third-order valence-corrected chi connectivity index (χ3v) is 1.62. The van der Waals surface area contributed by atoms with Gasteiger partial charge in [-0.05, 0) is 12.1 Å². The summed E-state index contributed by atoms with van der Waals surface area (Å²) in [7, 11) is 0. The lowest BCUT2D eigenvalue weighted by Crippen LogP contribution is -2.41. The number of carboxylic acids is 1. The first-order valence-electron chi connectivity index (χ1n) is 3.95. The van der Waals surface area contributed by atoms with E-state index in [0.29, 0.717) is 5.69 Å². The second-order valence-electron chi connectivity index (χ2n) is 2.68. The molecule has 1 aromatic carbocycles. The number of rotatable bonds is 4. The molecule has 4 N–H and O–H groups in total. The molecule has 0 saturated heterocycles. The van der Waals surface area contributed by atoms with E-state index < -0.39 is 17.9 Å². The fraction of sp³-hybridized carbons (Fsp3) is 0.111. The van der Waals surface area contributed by atoms with E-state index in [9.17, 15) is 9.59 Å². The normalized spacial score (nSPS) is 11.7. The first kappa shape index (κ1) is 10.0. The molecule has 0 fully saturated rings. The average Bonchev–Trinajstić information content (AvgIpc) is 2.15. The Bertz CT molecular complexity index is 323. The van der Waals surface area contributed by atoms with Crippen molar-refractivity contribution < 1.29 is 14.7 Å². The van der Waals surface area contributed by atoms with Gasteiger partial charge in [0.2, 0.25) is 6.04 Å². The standard InChI is InChI=1S/C9H10N2O3/c10-8(12)7(9(13)14)11-6-4-2-1-3-5-6/h1-5,7,11H,(H2,10,12)(H,13,14)/t7-/m1/s1. The van der Waals surface area contributed by atoms with E-state index in [2.05, 4.69) is 5.32 Å². The van der Waals surface area contributed by atoms with Crippen LogP contribution in [0.5, 0.6) is 0 Å². The first-order chi connectivity index (χ1) is 6.61. The first-order valence-corrected chi connectivity index (χ1v) is 3.95. The Kier molecular flexibility index (Phi) is 3.06. The molecule has 0 aliphatic carbocycles. The van der Waals surface area contributed by atoms with Gasteiger partial charge in [-0.15, -0.1) is 0 Å². The van der Waals surface area contributed by atoms with Gasteiger partial charge in [-0.3, -0.25) is 4.79 Å². The van der Waals surface area contributed by atoms with Crippen LogP contribution in [-0.2, 0) is 9.59 Å². The van der Waals surface area contributed by atoms with Crippen LogP contribution in [0.3, 0.4) is 0 Å². The SMILES string of the molecule is NC(=O)[C@@H](Nc1ccccc1)C(=O)O. The van der Waals surface area contributed by atoms with Crippen LogP contribution < -0.4 is 11.1 Å². The van der Waals surface area contributed by atoms with Crippen molar-refractivity contribution in [1.82, 2.24) is 0 Å². The molecule has 1 rings (SSSR count). The molecule has 5 heteroatoms. The van der Waals surface area contributed by atoms with E-state index in [1.165, 1.54) is 0 Å². The number of carbonyl (C=O) groups is 2. The van der Waals surface area contributed by atoms with Crippen LogP contribution in [0.15, 0.2) is 30.3 Å². The largest absolute Gasteiger partial charge is 0.479 e. The van der Waals surface area contributed by atoms with Gasteiger partial charge in [0.15, 0.2) is 0 Å². The number of carboxylic acid groups (broad SMARTS) is 1. The number of anilines is 1. The molecule has 0 saturated carbocycles. The summed E-state index contributed by atoms with van der Waals surface area (Å²) >= 11 is 0. The Balaban J connectivity index is 2.75. The van der Waals surface area contributed by atoms with E-state index in [0.717, 1.165) is 0 Å². The van der Waals surface area contributed by atoms with Crippen LogP contribution in [0.1, 0.15) is 0 Å². The van der Waals surface area contributed by atoms with Crippen molar-refractivity contribution in [1.29, 1.82) is 0 Å². The predicted octanol–water partition coefficient (Wildman–Crippen LogP) is 0.0370. The van der Waals surface area contributed by atoms with Gasteiger partial charge in [0.1, 0.15) is 0 Å². The molecule has 0 radical (unpaired) electrons. The van der Waals surface area contributed by atoms with Crippen molar-refractivity contribution in [2.45, 2.75) is 6.04 Å². The molecule has 5 nitrogen and oxygen atoms in total. The van der Waals surface area contributed by atoms with Crippen LogP contribution in [0, 0.1) is 0 Å². The second kappa shape index (κ2) is 4.27. The zero-order chi connectivity index (χ0) is 10.6. The molecule has 0 unspecified atom stereocenters. The molecule has 0 heterocycles. The maximum Gasteiger partial charge on any atom is 0.336 e.